The van der Waals surface area contributed by atoms with Gasteiger partial charge in [-0.3, -0.25) is 4.79 Å². The molecule has 2 rings (SSSR count). The minimum atomic E-state index is -10.2. The highest BCUT2D eigenvalue weighted by atomic mass is 32.5. The van der Waals surface area contributed by atoms with Crippen LogP contribution in [0.5, 0.6) is 5.75 Å². The SMILES string of the molecule is O=C(CCO[N+](=O)[O-])OCCOC(=O)C1=Cc2cc(S(F)(F)(F)(F)F)ccc2O[C@@H]1C(F)(F)F. The van der Waals surface area contributed by atoms with Gasteiger partial charge in [-0.1, -0.05) is 19.4 Å². The largest absolute Gasteiger partial charge is 0.475 e. The molecule has 0 saturated heterocycles. The van der Waals surface area contributed by atoms with Gasteiger partial charge in [-0.2, -0.15) is 13.2 Å². The Labute approximate surface area is 184 Å². The van der Waals surface area contributed by atoms with Gasteiger partial charge in [-0.15, -0.1) is 10.1 Å². The van der Waals surface area contributed by atoms with Crippen LogP contribution in [-0.2, 0) is 23.9 Å². The van der Waals surface area contributed by atoms with E-state index in [1.165, 1.54) is 0 Å². The molecule has 1 aliphatic rings. The Kier molecular flexibility index (Phi) is 6.72. The van der Waals surface area contributed by atoms with Crippen molar-refractivity contribution < 1.29 is 66.3 Å². The van der Waals surface area contributed by atoms with E-state index in [1.807, 2.05) is 0 Å². The summed E-state index contributed by atoms with van der Waals surface area (Å²) in [6, 6.07) is -0.0381. The van der Waals surface area contributed by atoms with Crippen LogP contribution in [0.3, 0.4) is 0 Å². The monoisotopic (exact) mass is 531 g/mol. The zero-order valence-corrected chi connectivity index (χ0v) is 17.2. The zero-order chi connectivity index (χ0) is 26.0. The van der Waals surface area contributed by atoms with Crippen LogP contribution >= 0.6 is 10.2 Å². The number of esters is 2. The summed E-state index contributed by atoms with van der Waals surface area (Å²) in [7, 11) is -10.2. The van der Waals surface area contributed by atoms with Gasteiger partial charge in [0.2, 0.25) is 6.10 Å². The zero-order valence-electron chi connectivity index (χ0n) is 16.4. The van der Waals surface area contributed by atoms with Gasteiger partial charge in [0, 0.05) is 5.56 Å². The topological polar surface area (TPSA) is 114 Å². The number of carbonyl (C=O) groups is 2. The van der Waals surface area contributed by atoms with E-state index in [0.717, 1.165) is 0 Å². The first-order chi connectivity index (χ1) is 15.3. The van der Waals surface area contributed by atoms with E-state index in [2.05, 4.69) is 19.0 Å². The molecule has 1 atom stereocenters. The van der Waals surface area contributed by atoms with Gasteiger partial charge in [0.15, 0.2) is 0 Å². The first kappa shape index (κ1) is 26.9. The van der Waals surface area contributed by atoms with Crippen molar-refractivity contribution >= 4 is 28.2 Å². The molecule has 0 fully saturated rings. The van der Waals surface area contributed by atoms with Crippen molar-refractivity contribution in [2.45, 2.75) is 23.6 Å². The van der Waals surface area contributed by atoms with Crippen molar-refractivity contribution in [1.29, 1.82) is 0 Å². The molecule has 1 aromatic rings. The molecule has 0 bridgehead atoms. The fourth-order valence-corrected chi connectivity index (χ4v) is 3.15. The van der Waals surface area contributed by atoms with Crippen molar-refractivity contribution in [3.63, 3.8) is 0 Å². The highest BCUT2D eigenvalue weighted by Crippen LogP contribution is 3.02. The van der Waals surface area contributed by atoms with Crippen molar-refractivity contribution in [3.8, 4) is 5.75 Å². The highest BCUT2D eigenvalue weighted by molar-refractivity contribution is 8.45. The van der Waals surface area contributed by atoms with Crippen LogP contribution in [0.1, 0.15) is 12.0 Å². The Morgan fingerprint density at radius 3 is 2.24 bits per heavy atom. The first-order valence-corrected chi connectivity index (χ1v) is 10.7. The number of carbonyl (C=O) groups excluding carboxylic acids is 2. The molecule has 18 heteroatoms. The van der Waals surface area contributed by atoms with Gasteiger partial charge in [0.1, 0.15) is 30.5 Å². The third kappa shape index (κ3) is 7.35. The van der Waals surface area contributed by atoms with Crippen molar-refractivity contribution in [2.75, 3.05) is 19.8 Å². The molecule has 0 unspecified atom stereocenters. The molecule has 1 aromatic carbocycles. The minimum absolute atomic E-state index is 0.143. The number of fused-ring (bicyclic) bond motifs is 1. The number of halogens is 8. The second-order valence-electron chi connectivity index (χ2n) is 6.47. The number of hydrogen-bond donors (Lipinski definition) is 0. The molecule has 0 spiro atoms. The van der Waals surface area contributed by atoms with Crippen LogP contribution in [0.4, 0.5) is 32.6 Å². The second-order valence-corrected chi connectivity index (χ2v) is 8.88. The average Bonchev–Trinajstić information content (AvgIpc) is 2.67. The fourth-order valence-electron chi connectivity index (χ4n) is 2.48. The molecule has 0 saturated carbocycles. The van der Waals surface area contributed by atoms with Crippen molar-refractivity contribution in [2.24, 2.45) is 0 Å². The van der Waals surface area contributed by atoms with E-state index >= 15 is 0 Å². The molecule has 1 aliphatic heterocycles. The number of rotatable bonds is 9. The van der Waals surface area contributed by atoms with Crippen molar-refractivity contribution in [1.82, 2.24) is 0 Å². The molecule has 0 amide bonds. The number of ether oxygens (including phenoxy) is 3. The Balaban J connectivity index is 2.15. The minimum Gasteiger partial charge on any atom is -0.475 e. The van der Waals surface area contributed by atoms with Crippen LogP contribution in [0.15, 0.2) is 28.7 Å². The second kappa shape index (κ2) is 8.48. The van der Waals surface area contributed by atoms with Gasteiger partial charge < -0.3 is 19.0 Å². The molecular weight excluding hydrogens is 518 g/mol. The van der Waals surface area contributed by atoms with Gasteiger partial charge >= 0.3 is 28.3 Å². The number of alkyl halides is 3. The van der Waals surface area contributed by atoms with Crippen LogP contribution in [0.25, 0.3) is 6.08 Å². The van der Waals surface area contributed by atoms with Crippen molar-refractivity contribution in [3.05, 3.63) is 39.4 Å². The van der Waals surface area contributed by atoms with Crippen LogP contribution < -0.4 is 4.74 Å². The van der Waals surface area contributed by atoms with E-state index in [0.29, 0.717) is 0 Å². The van der Waals surface area contributed by atoms with Crippen LogP contribution in [0.2, 0.25) is 0 Å². The van der Waals surface area contributed by atoms with Crippen LogP contribution in [0, 0.1) is 10.1 Å². The smallest absolute Gasteiger partial charge is 0.430 e. The number of benzene rings is 1. The summed E-state index contributed by atoms with van der Waals surface area (Å²) in [5, 5.41) is 8.75. The van der Waals surface area contributed by atoms with Gasteiger partial charge in [-0.25, -0.2) is 4.79 Å². The normalized spacial score (nSPS) is 17.8. The van der Waals surface area contributed by atoms with E-state index in [1.54, 1.807) is 0 Å². The van der Waals surface area contributed by atoms with E-state index in [-0.39, 0.29) is 24.3 Å². The van der Waals surface area contributed by atoms with E-state index in [9.17, 15) is 52.3 Å². The lowest BCUT2D eigenvalue weighted by atomic mass is 10.0. The summed E-state index contributed by atoms with van der Waals surface area (Å²) in [6.07, 6.45) is -8.53. The number of hydrogen-bond acceptors (Lipinski definition) is 8. The standard InChI is InChI=1S/C16H13F8NO8S/c17-16(18,19)14-11(15(27)31-6-5-30-13(26)3-4-32-25(28)29)8-9-7-10(1-2-12(9)33-14)34(20,21,22,23)24/h1-2,7-8,14H,3-6H2/t14-/m0/s1. The summed E-state index contributed by atoms with van der Waals surface area (Å²) in [5.74, 6) is -3.61. The molecule has 1 heterocycles. The molecule has 0 aromatic heterocycles. The summed E-state index contributed by atoms with van der Waals surface area (Å²) in [6.45, 7) is -2.16. The predicted octanol–water partition coefficient (Wildman–Crippen LogP) is 4.74. The maximum absolute atomic E-state index is 13.3. The van der Waals surface area contributed by atoms with Gasteiger partial charge in [-0.05, 0) is 24.3 Å². The Morgan fingerprint density at radius 1 is 1.06 bits per heavy atom. The van der Waals surface area contributed by atoms with Crippen LogP contribution in [-0.4, -0.2) is 49.1 Å². The maximum Gasteiger partial charge on any atom is 0.430 e. The Bertz CT molecular complexity index is 1030. The molecule has 0 radical (unpaired) electrons. The summed E-state index contributed by atoms with van der Waals surface area (Å²) >= 11 is 0. The van der Waals surface area contributed by atoms with Gasteiger partial charge in [0.25, 0.3) is 5.09 Å². The summed E-state index contributed by atoms with van der Waals surface area (Å²) in [4.78, 5) is 34.7. The maximum atomic E-state index is 13.3. The van der Waals surface area contributed by atoms with Gasteiger partial charge in [0.05, 0.1) is 12.0 Å². The average molecular weight is 531 g/mol. The molecule has 0 N–H and O–H groups in total. The highest BCUT2D eigenvalue weighted by Gasteiger charge is 2.65. The summed E-state index contributed by atoms with van der Waals surface area (Å²) in [5.41, 5.74) is -2.22. The van der Waals surface area contributed by atoms with E-state index < -0.39 is 87.6 Å². The lowest BCUT2D eigenvalue weighted by Crippen LogP contribution is -2.41. The van der Waals surface area contributed by atoms with E-state index in [4.69, 9.17) is 0 Å². The molecule has 0 aliphatic carbocycles. The third-order valence-corrected chi connectivity index (χ3v) is 5.03. The Morgan fingerprint density at radius 2 is 1.68 bits per heavy atom. The lowest BCUT2D eigenvalue weighted by molar-refractivity contribution is -0.757. The third-order valence-electron chi connectivity index (χ3n) is 3.88. The quantitative estimate of drug-likeness (QED) is 0.148. The molecular formula is C16H13F8NO8S. The summed E-state index contributed by atoms with van der Waals surface area (Å²) < 4.78 is 118. The molecule has 192 valence electrons. The molecule has 9 nitrogen and oxygen atoms in total. The predicted molar refractivity (Wildman–Crippen MR) is 95.8 cm³/mol. The first-order valence-electron chi connectivity index (χ1n) is 8.71. The lowest BCUT2D eigenvalue weighted by Gasteiger charge is -2.41. The Hall–Kier alpha value is -3.31. The molecule has 34 heavy (non-hydrogen) atoms. The fraction of sp³-hybridized carbons (Fsp3) is 0.375. The number of nitrogens with zero attached hydrogens (tertiary/aromatic N) is 1.